The number of nitrogens with two attached hydrogens (primary N) is 1. The Hall–Kier alpha value is -1.83. The van der Waals surface area contributed by atoms with Gasteiger partial charge >= 0.3 is 0 Å². The van der Waals surface area contributed by atoms with Crippen molar-refractivity contribution < 1.29 is 0 Å². The zero-order chi connectivity index (χ0) is 9.97. The molecule has 0 saturated heterocycles. The van der Waals surface area contributed by atoms with E-state index in [2.05, 4.69) is 18.2 Å². The Bertz CT molecular complexity index is 469. The lowest BCUT2D eigenvalue weighted by molar-refractivity contribution is 1.27. The van der Waals surface area contributed by atoms with Crippen molar-refractivity contribution in [3.63, 3.8) is 0 Å². The van der Waals surface area contributed by atoms with Crippen molar-refractivity contribution in [3.05, 3.63) is 48.0 Å². The second kappa shape index (κ2) is 3.50. The molecule has 2 aromatic carbocycles. The maximum atomic E-state index is 7.28. The first-order valence-corrected chi connectivity index (χ1v) is 4.57. The standard InChI is InChI=1S/C12H12N2/c13-12(14)8-10-6-3-5-9-4-1-2-7-11(9)10/h1-7H,8H2,(H3,13,14). The molecule has 0 aliphatic rings. The molecule has 14 heavy (non-hydrogen) atoms. The number of benzene rings is 2. The monoisotopic (exact) mass is 184 g/mol. The number of rotatable bonds is 2. The van der Waals surface area contributed by atoms with E-state index in [1.54, 1.807) is 0 Å². The molecule has 0 saturated carbocycles. The highest BCUT2D eigenvalue weighted by molar-refractivity contribution is 5.90. The van der Waals surface area contributed by atoms with Crippen LogP contribution in [0.15, 0.2) is 42.5 Å². The van der Waals surface area contributed by atoms with Crippen LogP contribution in [0.4, 0.5) is 0 Å². The Morgan fingerprint density at radius 3 is 2.57 bits per heavy atom. The van der Waals surface area contributed by atoms with Crippen molar-refractivity contribution in [2.24, 2.45) is 5.73 Å². The summed E-state index contributed by atoms with van der Waals surface area (Å²) in [6.07, 6.45) is 0.529. The number of hydrogen-bond acceptors (Lipinski definition) is 1. The fourth-order valence-corrected chi connectivity index (χ4v) is 1.65. The third-order valence-corrected chi connectivity index (χ3v) is 2.26. The van der Waals surface area contributed by atoms with E-state index in [1.807, 2.05) is 24.3 Å². The third kappa shape index (κ3) is 1.59. The lowest BCUT2D eigenvalue weighted by atomic mass is 10.0. The third-order valence-electron chi connectivity index (χ3n) is 2.26. The van der Waals surface area contributed by atoms with Gasteiger partial charge in [0.2, 0.25) is 0 Å². The van der Waals surface area contributed by atoms with Gasteiger partial charge in [0.1, 0.15) is 0 Å². The summed E-state index contributed by atoms with van der Waals surface area (Å²) in [6.45, 7) is 0. The zero-order valence-electron chi connectivity index (χ0n) is 7.83. The molecule has 0 unspecified atom stereocenters. The Morgan fingerprint density at radius 2 is 1.79 bits per heavy atom. The lowest BCUT2D eigenvalue weighted by Crippen LogP contribution is -2.12. The average molecular weight is 184 g/mol. The van der Waals surface area contributed by atoms with E-state index < -0.39 is 0 Å². The minimum absolute atomic E-state index is 0.210. The molecule has 2 aromatic rings. The van der Waals surface area contributed by atoms with Gasteiger partial charge in [0, 0.05) is 6.42 Å². The van der Waals surface area contributed by atoms with E-state index in [1.165, 1.54) is 10.8 Å². The molecule has 0 atom stereocenters. The first kappa shape index (κ1) is 8.75. The maximum absolute atomic E-state index is 7.28. The molecule has 2 rings (SSSR count). The van der Waals surface area contributed by atoms with E-state index in [0.29, 0.717) is 6.42 Å². The largest absolute Gasteiger partial charge is 0.387 e. The van der Waals surface area contributed by atoms with Crippen molar-refractivity contribution in [1.29, 1.82) is 5.41 Å². The second-order valence-corrected chi connectivity index (χ2v) is 3.34. The topological polar surface area (TPSA) is 49.9 Å². The van der Waals surface area contributed by atoms with E-state index >= 15 is 0 Å². The molecule has 0 bridgehead atoms. The molecule has 0 aliphatic heterocycles. The zero-order valence-corrected chi connectivity index (χ0v) is 7.83. The molecule has 0 aromatic heterocycles. The Balaban J connectivity index is 2.59. The first-order valence-electron chi connectivity index (χ1n) is 4.57. The van der Waals surface area contributed by atoms with Crippen LogP contribution in [0.25, 0.3) is 10.8 Å². The van der Waals surface area contributed by atoms with Crippen molar-refractivity contribution in [1.82, 2.24) is 0 Å². The van der Waals surface area contributed by atoms with E-state index in [9.17, 15) is 0 Å². The van der Waals surface area contributed by atoms with Crippen molar-refractivity contribution in [2.45, 2.75) is 6.42 Å². The predicted octanol–water partition coefficient (Wildman–Crippen LogP) is 2.32. The first-order chi connectivity index (χ1) is 6.77. The summed E-state index contributed by atoms with van der Waals surface area (Å²) in [5, 5.41) is 9.67. The van der Waals surface area contributed by atoms with E-state index in [-0.39, 0.29) is 5.84 Å². The van der Waals surface area contributed by atoms with Gasteiger partial charge in [-0.25, -0.2) is 0 Å². The van der Waals surface area contributed by atoms with Crippen molar-refractivity contribution in [3.8, 4) is 0 Å². The highest BCUT2D eigenvalue weighted by atomic mass is 14.7. The van der Waals surface area contributed by atoms with Gasteiger partial charge in [-0.1, -0.05) is 42.5 Å². The summed E-state index contributed by atoms with van der Waals surface area (Å²) in [6, 6.07) is 14.2. The van der Waals surface area contributed by atoms with Gasteiger partial charge in [-0.15, -0.1) is 0 Å². The van der Waals surface area contributed by atoms with Crippen LogP contribution in [-0.4, -0.2) is 5.84 Å². The van der Waals surface area contributed by atoms with Gasteiger partial charge in [0.25, 0.3) is 0 Å². The van der Waals surface area contributed by atoms with Gasteiger partial charge in [0.05, 0.1) is 5.84 Å². The summed E-state index contributed by atoms with van der Waals surface area (Å²) >= 11 is 0. The van der Waals surface area contributed by atoms with Gasteiger partial charge in [-0.3, -0.25) is 5.41 Å². The van der Waals surface area contributed by atoms with Crippen molar-refractivity contribution in [2.75, 3.05) is 0 Å². The Labute approximate surface area is 82.9 Å². The molecule has 0 amide bonds. The smallest absolute Gasteiger partial charge is 0.0950 e. The fourth-order valence-electron chi connectivity index (χ4n) is 1.65. The molecule has 70 valence electrons. The van der Waals surface area contributed by atoms with Crippen LogP contribution >= 0.6 is 0 Å². The van der Waals surface area contributed by atoms with Crippen LogP contribution in [0.2, 0.25) is 0 Å². The summed E-state index contributed by atoms with van der Waals surface area (Å²) in [4.78, 5) is 0. The molecule has 0 heterocycles. The molecule has 3 N–H and O–H groups in total. The highest BCUT2D eigenvalue weighted by Crippen LogP contribution is 2.18. The van der Waals surface area contributed by atoms with Crippen LogP contribution in [-0.2, 0) is 6.42 Å². The summed E-state index contributed by atoms with van der Waals surface area (Å²) in [7, 11) is 0. The van der Waals surface area contributed by atoms with Crippen LogP contribution in [0.3, 0.4) is 0 Å². The van der Waals surface area contributed by atoms with E-state index in [4.69, 9.17) is 11.1 Å². The Morgan fingerprint density at radius 1 is 1.07 bits per heavy atom. The van der Waals surface area contributed by atoms with E-state index in [0.717, 1.165) is 5.56 Å². The minimum Gasteiger partial charge on any atom is -0.387 e. The highest BCUT2D eigenvalue weighted by Gasteiger charge is 2.00. The molecule has 0 spiro atoms. The minimum atomic E-state index is 0.210. The molecule has 0 radical (unpaired) electrons. The Kier molecular flexibility index (Phi) is 2.19. The molecule has 2 nitrogen and oxygen atoms in total. The number of nitrogens with one attached hydrogen (secondary N) is 1. The average Bonchev–Trinajstić information content (AvgIpc) is 2.18. The SMILES string of the molecule is N=C(N)Cc1cccc2ccccc12. The molecule has 2 heteroatoms. The second-order valence-electron chi connectivity index (χ2n) is 3.34. The number of fused-ring (bicyclic) bond motifs is 1. The van der Waals surface area contributed by atoms with Crippen LogP contribution < -0.4 is 5.73 Å². The van der Waals surface area contributed by atoms with Gasteiger partial charge in [-0.2, -0.15) is 0 Å². The maximum Gasteiger partial charge on any atom is 0.0950 e. The fraction of sp³-hybridized carbons (Fsp3) is 0.0833. The lowest BCUT2D eigenvalue weighted by Gasteiger charge is -2.04. The molecular weight excluding hydrogens is 172 g/mol. The number of hydrogen-bond donors (Lipinski definition) is 2. The van der Waals surface area contributed by atoms with Crippen molar-refractivity contribution >= 4 is 16.6 Å². The number of amidine groups is 1. The van der Waals surface area contributed by atoms with Crippen LogP contribution in [0.1, 0.15) is 5.56 Å². The van der Waals surface area contributed by atoms with Gasteiger partial charge in [0.15, 0.2) is 0 Å². The predicted molar refractivity (Wildman–Crippen MR) is 59.6 cm³/mol. The van der Waals surface area contributed by atoms with Crippen LogP contribution in [0.5, 0.6) is 0 Å². The summed E-state index contributed by atoms with van der Waals surface area (Å²) in [5.74, 6) is 0.210. The summed E-state index contributed by atoms with van der Waals surface area (Å²) in [5.41, 5.74) is 6.52. The molecule has 0 aliphatic carbocycles. The van der Waals surface area contributed by atoms with Crippen LogP contribution in [0, 0.1) is 5.41 Å². The molecular formula is C12H12N2. The normalized spacial score (nSPS) is 10.3. The quantitative estimate of drug-likeness (QED) is 0.546. The van der Waals surface area contributed by atoms with Gasteiger partial charge < -0.3 is 5.73 Å². The molecule has 0 fully saturated rings. The van der Waals surface area contributed by atoms with Gasteiger partial charge in [-0.05, 0) is 16.3 Å². The summed E-state index contributed by atoms with van der Waals surface area (Å²) < 4.78 is 0.